The molecule has 0 spiro atoms. The largest absolute Gasteiger partial charge is 0.328 e. The number of hydrogen-bond acceptors (Lipinski definition) is 1. The van der Waals surface area contributed by atoms with Crippen LogP contribution in [0.4, 0.5) is 4.39 Å². The number of hydrogen-bond donors (Lipinski definition) is 0. The summed E-state index contributed by atoms with van der Waals surface area (Å²) in [6.07, 6.45) is 2.25. The van der Waals surface area contributed by atoms with E-state index in [-0.39, 0.29) is 5.82 Å². The fraction of sp³-hybridized carbons (Fsp3) is 0.188. The maximum absolute atomic E-state index is 13.0. The number of benzene rings is 2. The monoisotopic (exact) mass is 252 g/mol. The smallest absolute Gasteiger partial charge is 0.123 e. The molecule has 19 heavy (non-hydrogen) atoms. The van der Waals surface area contributed by atoms with Crippen LogP contribution >= 0.6 is 0 Å². The highest BCUT2D eigenvalue weighted by Crippen LogP contribution is 2.28. The van der Waals surface area contributed by atoms with Gasteiger partial charge < -0.3 is 4.57 Å². The van der Waals surface area contributed by atoms with E-state index in [1.165, 1.54) is 29.9 Å². The van der Waals surface area contributed by atoms with Crippen molar-refractivity contribution in [3.05, 3.63) is 54.1 Å². The molecule has 94 valence electrons. The first-order valence-corrected chi connectivity index (χ1v) is 6.56. The van der Waals surface area contributed by atoms with Gasteiger partial charge in [0.1, 0.15) is 11.6 Å². The first kappa shape index (κ1) is 10.7. The molecule has 0 atom stereocenters. The molecule has 0 saturated carbocycles. The van der Waals surface area contributed by atoms with Crippen molar-refractivity contribution >= 4 is 11.0 Å². The highest BCUT2D eigenvalue weighted by Gasteiger charge is 2.16. The van der Waals surface area contributed by atoms with Crippen molar-refractivity contribution in [2.45, 2.75) is 19.4 Å². The highest BCUT2D eigenvalue weighted by molar-refractivity contribution is 5.82. The Balaban J connectivity index is 1.89. The lowest BCUT2D eigenvalue weighted by atomic mass is 10.1. The zero-order valence-electron chi connectivity index (χ0n) is 10.4. The first-order valence-electron chi connectivity index (χ1n) is 6.56. The number of rotatable bonds is 1. The molecule has 2 heterocycles. The summed E-state index contributed by atoms with van der Waals surface area (Å²) in [5, 5.41) is 0. The molecule has 3 heteroatoms. The zero-order chi connectivity index (χ0) is 12.8. The molecular weight excluding hydrogens is 239 g/mol. The van der Waals surface area contributed by atoms with Gasteiger partial charge in [0.25, 0.3) is 0 Å². The third kappa shape index (κ3) is 1.65. The van der Waals surface area contributed by atoms with Crippen molar-refractivity contribution in [3.63, 3.8) is 0 Å². The summed E-state index contributed by atoms with van der Waals surface area (Å²) in [5.74, 6) is 0.987. The highest BCUT2D eigenvalue weighted by atomic mass is 19.1. The lowest BCUT2D eigenvalue weighted by Gasteiger charge is -2.04. The molecule has 3 aromatic rings. The maximum Gasteiger partial charge on any atom is 0.123 e. The van der Waals surface area contributed by atoms with Crippen molar-refractivity contribution in [1.29, 1.82) is 0 Å². The van der Waals surface area contributed by atoms with Gasteiger partial charge >= 0.3 is 0 Å². The Morgan fingerprint density at radius 1 is 1.00 bits per heavy atom. The van der Waals surface area contributed by atoms with Crippen molar-refractivity contribution in [3.8, 4) is 11.1 Å². The lowest BCUT2D eigenvalue weighted by molar-refractivity contribution is 0.628. The molecule has 2 aromatic carbocycles. The van der Waals surface area contributed by atoms with Gasteiger partial charge in [0, 0.05) is 13.0 Å². The Labute approximate surface area is 110 Å². The topological polar surface area (TPSA) is 17.8 Å². The SMILES string of the molecule is Fc1ccc(-c2ccc3nc4n(c3c2)CCC4)cc1. The third-order valence-electron chi connectivity index (χ3n) is 3.79. The van der Waals surface area contributed by atoms with Gasteiger partial charge in [-0.15, -0.1) is 0 Å². The van der Waals surface area contributed by atoms with Crippen LogP contribution < -0.4 is 0 Å². The van der Waals surface area contributed by atoms with Gasteiger partial charge in [0.05, 0.1) is 11.0 Å². The fourth-order valence-electron chi connectivity index (χ4n) is 2.83. The normalized spacial score (nSPS) is 13.9. The summed E-state index contributed by atoms with van der Waals surface area (Å²) in [4.78, 5) is 4.65. The van der Waals surface area contributed by atoms with Crippen molar-refractivity contribution in [1.82, 2.24) is 9.55 Å². The van der Waals surface area contributed by atoms with Gasteiger partial charge in [-0.05, 0) is 41.8 Å². The van der Waals surface area contributed by atoms with Crippen molar-refractivity contribution in [2.24, 2.45) is 0 Å². The second-order valence-electron chi connectivity index (χ2n) is 4.99. The molecule has 0 unspecified atom stereocenters. The second-order valence-corrected chi connectivity index (χ2v) is 4.99. The van der Waals surface area contributed by atoms with Crippen LogP contribution in [0, 0.1) is 5.82 Å². The van der Waals surface area contributed by atoms with Gasteiger partial charge in [0.2, 0.25) is 0 Å². The van der Waals surface area contributed by atoms with Gasteiger partial charge in [-0.2, -0.15) is 0 Å². The number of halogens is 1. The summed E-state index contributed by atoms with van der Waals surface area (Å²) < 4.78 is 15.3. The van der Waals surface area contributed by atoms with Crippen LogP contribution in [0.2, 0.25) is 0 Å². The molecule has 0 radical (unpaired) electrons. The van der Waals surface area contributed by atoms with E-state index in [1.54, 1.807) is 0 Å². The fourth-order valence-corrected chi connectivity index (χ4v) is 2.83. The summed E-state index contributed by atoms with van der Waals surface area (Å²) in [6, 6.07) is 12.9. The quantitative estimate of drug-likeness (QED) is 0.644. The van der Waals surface area contributed by atoms with E-state index in [9.17, 15) is 4.39 Å². The minimum absolute atomic E-state index is 0.199. The molecule has 4 rings (SSSR count). The number of nitrogens with zero attached hydrogens (tertiary/aromatic N) is 2. The Bertz CT molecular complexity index is 756. The molecule has 0 fully saturated rings. The van der Waals surface area contributed by atoms with Gasteiger partial charge in [-0.1, -0.05) is 18.2 Å². The Kier molecular flexibility index (Phi) is 2.21. The van der Waals surface area contributed by atoms with Crippen LogP contribution in [0.15, 0.2) is 42.5 Å². The first-order chi connectivity index (χ1) is 9.31. The number of fused-ring (bicyclic) bond motifs is 3. The van der Waals surface area contributed by atoms with Crippen LogP contribution in [-0.4, -0.2) is 9.55 Å². The van der Waals surface area contributed by atoms with Crippen molar-refractivity contribution < 1.29 is 4.39 Å². The molecule has 0 aliphatic carbocycles. The van der Waals surface area contributed by atoms with Crippen LogP contribution in [0.5, 0.6) is 0 Å². The Morgan fingerprint density at radius 3 is 2.63 bits per heavy atom. The molecular formula is C16H13FN2. The Hall–Kier alpha value is -2.16. The summed E-state index contributed by atoms with van der Waals surface area (Å²) >= 11 is 0. The van der Waals surface area contributed by atoms with Crippen LogP contribution in [0.25, 0.3) is 22.2 Å². The Morgan fingerprint density at radius 2 is 1.79 bits per heavy atom. The number of aryl methyl sites for hydroxylation is 2. The van der Waals surface area contributed by atoms with E-state index < -0.39 is 0 Å². The summed E-state index contributed by atoms with van der Waals surface area (Å²) in [5.41, 5.74) is 4.40. The minimum atomic E-state index is -0.199. The van der Waals surface area contributed by atoms with Gasteiger partial charge in [-0.25, -0.2) is 9.37 Å². The van der Waals surface area contributed by atoms with E-state index >= 15 is 0 Å². The molecule has 0 N–H and O–H groups in total. The second kappa shape index (κ2) is 3.92. The molecule has 1 aromatic heterocycles. The molecule has 0 bridgehead atoms. The van der Waals surface area contributed by atoms with Crippen LogP contribution in [-0.2, 0) is 13.0 Å². The van der Waals surface area contributed by atoms with E-state index in [2.05, 4.69) is 27.8 Å². The maximum atomic E-state index is 13.0. The van der Waals surface area contributed by atoms with Gasteiger partial charge in [0.15, 0.2) is 0 Å². The molecule has 2 nitrogen and oxygen atoms in total. The van der Waals surface area contributed by atoms with E-state index in [1.807, 2.05) is 12.1 Å². The average molecular weight is 252 g/mol. The van der Waals surface area contributed by atoms with Gasteiger partial charge in [-0.3, -0.25) is 0 Å². The van der Waals surface area contributed by atoms with Crippen molar-refractivity contribution in [2.75, 3.05) is 0 Å². The van der Waals surface area contributed by atoms with Crippen LogP contribution in [0.1, 0.15) is 12.2 Å². The predicted molar refractivity (Wildman–Crippen MR) is 73.4 cm³/mol. The standard InChI is InChI=1S/C16H13FN2/c17-13-6-3-11(4-7-13)12-5-8-14-15(10-12)19-9-1-2-16(19)18-14/h3-8,10H,1-2,9H2. The number of imidazole rings is 1. The zero-order valence-corrected chi connectivity index (χ0v) is 10.4. The van der Waals surface area contributed by atoms with Crippen LogP contribution in [0.3, 0.4) is 0 Å². The molecule has 1 aliphatic rings. The average Bonchev–Trinajstić information content (AvgIpc) is 2.99. The van der Waals surface area contributed by atoms with E-state index in [0.29, 0.717) is 0 Å². The summed E-state index contributed by atoms with van der Waals surface area (Å²) in [6.45, 7) is 1.05. The molecule has 0 saturated heterocycles. The number of aromatic nitrogens is 2. The summed E-state index contributed by atoms with van der Waals surface area (Å²) in [7, 11) is 0. The lowest BCUT2D eigenvalue weighted by Crippen LogP contribution is -1.91. The third-order valence-corrected chi connectivity index (χ3v) is 3.79. The molecule has 0 amide bonds. The predicted octanol–water partition coefficient (Wildman–Crippen LogP) is 3.79. The molecule has 1 aliphatic heterocycles. The minimum Gasteiger partial charge on any atom is -0.328 e. The van der Waals surface area contributed by atoms with E-state index in [0.717, 1.165) is 29.6 Å². The van der Waals surface area contributed by atoms with E-state index in [4.69, 9.17) is 0 Å².